The summed E-state index contributed by atoms with van der Waals surface area (Å²) in [5.41, 5.74) is 1.14. The monoisotopic (exact) mass is 259 g/mol. The lowest BCUT2D eigenvalue weighted by molar-refractivity contribution is -0.120. The van der Waals surface area contributed by atoms with Crippen LogP contribution in [0.25, 0.3) is 0 Å². The van der Waals surface area contributed by atoms with Gasteiger partial charge in [-0.25, -0.2) is 0 Å². The zero-order valence-electron chi connectivity index (χ0n) is 12.0. The molecule has 0 aliphatic carbocycles. The van der Waals surface area contributed by atoms with E-state index in [1.807, 2.05) is 30.3 Å². The minimum absolute atomic E-state index is 0.356. The summed E-state index contributed by atoms with van der Waals surface area (Å²) < 4.78 is 0. The number of hydrogen-bond acceptors (Lipinski definition) is 2. The fourth-order valence-corrected chi connectivity index (χ4v) is 3.03. The van der Waals surface area contributed by atoms with E-state index in [9.17, 15) is 4.79 Å². The predicted octanol–water partition coefficient (Wildman–Crippen LogP) is 3.45. The molecule has 1 heterocycles. The standard InChI is InChI=1S/C17H25NO/c1-2-8-16-11-6-7-12-18(16)14-17(19)13-15-9-4-3-5-10-15/h3-5,9-10,16H,2,6-8,11-14H2,1H3. The fourth-order valence-electron chi connectivity index (χ4n) is 3.03. The summed E-state index contributed by atoms with van der Waals surface area (Å²) in [6, 6.07) is 10.7. The number of piperidine rings is 1. The smallest absolute Gasteiger partial charge is 0.151 e. The Labute approximate surface area is 116 Å². The first kappa shape index (κ1) is 14.3. The topological polar surface area (TPSA) is 20.3 Å². The molecule has 0 amide bonds. The van der Waals surface area contributed by atoms with Crippen LogP contribution in [0.1, 0.15) is 44.6 Å². The number of rotatable bonds is 6. The Kier molecular flexibility index (Phi) is 5.59. The molecule has 19 heavy (non-hydrogen) atoms. The number of nitrogens with zero attached hydrogens (tertiary/aromatic N) is 1. The predicted molar refractivity (Wildman–Crippen MR) is 79.3 cm³/mol. The molecule has 0 aromatic heterocycles. The summed E-state index contributed by atoms with van der Waals surface area (Å²) in [6.07, 6.45) is 6.88. The number of ketones is 1. The summed E-state index contributed by atoms with van der Waals surface area (Å²) >= 11 is 0. The molecule has 0 spiro atoms. The summed E-state index contributed by atoms with van der Waals surface area (Å²) in [5, 5.41) is 0. The van der Waals surface area contributed by atoms with Crippen molar-refractivity contribution in [1.29, 1.82) is 0 Å². The van der Waals surface area contributed by atoms with Gasteiger partial charge in [-0.3, -0.25) is 9.69 Å². The molecule has 0 N–H and O–H groups in total. The van der Waals surface area contributed by atoms with Crippen molar-refractivity contribution < 1.29 is 4.79 Å². The van der Waals surface area contributed by atoms with Crippen molar-refractivity contribution in [3.8, 4) is 0 Å². The quantitative estimate of drug-likeness (QED) is 0.780. The maximum atomic E-state index is 12.2. The lowest BCUT2D eigenvalue weighted by Gasteiger charge is -2.35. The van der Waals surface area contributed by atoms with E-state index in [4.69, 9.17) is 0 Å². The zero-order valence-corrected chi connectivity index (χ0v) is 12.0. The maximum absolute atomic E-state index is 12.2. The number of benzene rings is 1. The van der Waals surface area contributed by atoms with E-state index >= 15 is 0 Å². The first-order chi connectivity index (χ1) is 9.29. The van der Waals surface area contributed by atoms with Crippen molar-refractivity contribution >= 4 is 5.78 Å². The number of carbonyl (C=O) groups excluding carboxylic acids is 1. The van der Waals surface area contributed by atoms with Gasteiger partial charge >= 0.3 is 0 Å². The largest absolute Gasteiger partial charge is 0.298 e. The van der Waals surface area contributed by atoms with Crippen LogP contribution in [0, 0.1) is 0 Å². The average molecular weight is 259 g/mol. The van der Waals surface area contributed by atoms with Crippen LogP contribution in [0.3, 0.4) is 0 Å². The normalized spacial score (nSPS) is 20.4. The maximum Gasteiger partial charge on any atom is 0.151 e. The van der Waals surface area contributed by atoms with Gasteiger partial charge in [-0.1, -0.05) is 50.1 Å². The summed E-state index contributed by atoms with van der Waals surface area (Å²) in [5.74, 6) is 0.356. The lowest BCUT2D eigenvalue weighted by Crippen LogP contribution is -2.42. The van der Waals surface area contributed by atoms with Crippen LogP contribution in [0.4, 0.5) is 0 Å². The molecule has 104 valence electrons. The van der Waals surface area contributed by atoms with Gasteiger partial charge in [0, 0.05) is 12.5 Å². The van der Waals surface area contributed by atoms with Gasteiger partial charge in [-0.05, 0) is 31.4 Å². The van der Waals surface area contributed by atoms with Gasteiger partial charge in [0.15, 0.2) is 5.78 Å². The SMILES string of the molecule is CCCC1CCCCN1CC(=O)Cc1ccccc1. The van der Waals surface area contributed by atoms with E-state index < -0.39 is 0 Å². The van der Waals surface area contributed by atoms with Gasteiger partial charge in [-0.2, -0.15) is 0 Å². The molecule has 1 atom stereocenters. The van der Waals surface area contributed by atoms with Gasteiger partial charge < -0.3 is 0 Å². The van der Waals surface area contributed by atoms with E-state index in [2.05, 4.69) is 11.8 Å². The van der Waals surface area contributed by atoms with Crippen LogP contribution < -0.4 is 0 Å². The Balaban J connectivity index is 1.86. The Morgan fingerprint density at radius 1 is 1.26 bits per heavy atom. The number of Topliss-reactive ketones (excluding diaryl/α,β-unsaturated/α-hetero) is 1. The molecule has 1 aliphatic rings. The molecule has 0 bridgehead atoms. The highest BCUT2D eigenvalue weighted by molar-refractivity contribution is 5.82. The first-order valence-corrected chi connectivity index (χ1v) is 7.59. The summed E-state index contributed by atoms with van der Waals surface area (Å²) in [7, 11) is 0. The van der Waals surface area contributed by atoms with Crippen LogP contribution in [0.15, 0.2) is 30.3 Å². The third kappa shape index (κ3) is 4.46. The third-order valence-corrected chi connectivity index (χ3v) is 3.99. The van der Waals surface area contributed by atoms with E-state index in [1.54, 1.807) is 0 Å². The molecule has 2 heteroatoms. The van der Waals surface area contributed by atoms with Gasteiger partial charge in [-0.15, -0.1) is 0 Å². The van der Waals surface area contributed by atoms with Crippen molar-refractivity contribution in [2.75, 3.05) is 13.1 Å². The molecular formula is C17H25NO. The van der Waals surface area contributed by atoms with E-state index in [0.717, 1.165) is 12.1 Å². The molecule has 1 aromatic rings. The highest BCUT2D eigenvalue weighted by Crippen LogP contribution is 2.20. The molecule has 0 radical (unpaired) electrons. The molecule has 1 unspecified atom stereocenters. The molecule has 0 saturated carbocycles. The van der Waals surface area contributed by atoms with Crippen LogP contribution in [0.2, 0.25) is 0 Å². The molecule has 2 nitrogen and oxygen atoms in total. The Bertz CT molecular complexity index is 386. The average Bonchev–Trinajstić information content (AvgIpc) is 2.42. The molecule has 1 aromatic carbocycles. The number of hydrogen-bond donors (Lipinski definition) is 0. The summed E-state index contributed by atoms with van der Waals surface area (Å²) in [4.78, 5) is 14.6. The molecule has 2 rings (SSSR count). The van der Waals surface area contributed by atoms with Crippen molar-refractivity contribution in [2.24, 2.45) is 0 Å². The van der Waals surface area contributed by atoms with Gasteiger partial charge in [0.2, 0.25) is 0 Å². The Morgan fingerprint density at radius 3 is 2.79 bits per heavy atom. The van der Waals surface area contributed by atoms with E-state index in [-0.39, 0.29) is 0 Å². The Morgan fingerprint density at radius 2 is 2.05 bits per heavy atom. The molecule has 1 saturated heterocycles. The number of carbonyl (C=O) groups is 1. The van der Waals surface area contributed by atoms with Crippen molar-refractivity contribution in [3.63, 3.8) is 0 Å². The van der Waals surface area contributed by atoms with Gasteiger partial charge in [0.05, 0.1) is 6.54 Å². The van der Waals surface area contributed by atoms with Crippen LogP contribution in [-0.2, 0) is 11.2 Å². The minimum atomic E-state index is 0.356. The van der Waals surface area contributed by atoms with E-state index in [0.29, 0.717) is 24.8 Å². The molecule has 1 aliphatic heterocycles. The van der Waals surface area contributed by atoms with E-state index in [1.165, 1.54) is 32.1 Å². The van der Waals surface area contributed by atoms with Crippen molar-refractivity contribution in [2.45, 2.75) is 51.5 Å². The third-order valence-electron chi connectivity index (χ3n) is 3.99. The van der Waals surface area contributed by atoms with Crippen LogP contribution in [-0.4, -0.2) is 29.8 Å². The second-order valence-corrected chi connectivity index (χ2v) is 5.61. The second-order valence-electron chi connectivity index (χ2n) is 5.61. The second kappa shape index (κ2) is 7.44. The first-order valence-electron chi connectivity index (χ1n) is 7.59. The Hall–Kier alpha value is -1.15. The zero-order chi connectivity index (χ0) is 13.5. The van der Waals surface area contributed by atoms with Crippen LogP contribution >= 0.6 is 0 Å². The van der Waals surface area contributed by atoms with Gasteiger partial charge in [0.1, 0.15) is 0 Å². The highest BCUT2D eigenvalue weighted by atomic mass is 16.1. The lowest BCUT2D eigenvalue weighted by atomic mass is 9.97. The fraction of sp³-hybridized carbons (Fsp3) is 0.588. The highest BCUT2D eigenvalue weighted by Gasteiger charge is 2.23. The molecular weight excluding hydrogens is 234 g/mol. The van der Waals surface area contributed by atoms with Gasteiger partial charge in [0.25, 0.3) is 0 Å². The number of likely N-dealkylation sites (tertiary alicyclic amines) is 1. The van der Waals surface area contributed by atoms with Crippen molar-refractivity contribution in [3.05, 3.63) is 35.9 Å². The van der Waals surface area contributed by atoms with Crippen LogP contribution in [0.5, 0.6) is 0 Å². The summed E-state index contributed by atoms with van der Waals surface area (Å²) in [6.45, 7) is 3.98. The van der Waals surface area contributed by atoms with Crippen molar-refractivity contribution in [1.82, 2.24) is 4.90 Å². The molecule has 1 fully saturated rings. The minimum Gasteiger partial charge on any atom is -0.298 e.